The predicted octanol–water partition coefficient (Wildman–Crippen LogP) is 3.71. The Morgan fingerprint density at radius 1 is 1.33 bits per heavy atom. The molecule has 2 bridgehead atoms. The summed E-state index contributed by atoms with van der Waals surface area (Å²) >= 11 is 6.12. The zero-order chi connectivity index (χ0) is 15.0. The van der Waals surface area contributed by atoms with Crippen molar-refractivity contribution >= 4 is 11.6 Å². The Hall–Kier alpha value is -0.640. The largest absolute Gasteiger partial charge is 0.392 e. The highest BCUT2D eigenvalue weighted by atomic mass is 35.5. The Labute approximate surface area is 130 Å². The van der Waals surface area contributed by atoms with Gasteiger partial charge in [-0.1, -0.05) is 24.1 Å². The van der Waals surface area contributed by atoms with Crippen LogP contribution in [-0.4, -0.2) is 17.8 Å². The summed E-state index contributed by atoms with van der Waals surface area (Å²) in [5, 5.41) is 11.0. The molecule has 5 atom stereocenters. The first-order valence-electron chi connectivity index (χ1n) is 7.91. The molecule has 0 aliphatic heterocycles. The maximum atomic E-state index is 13.2. The third-order valence-electron chi connectivity index (χ3n) is 5.51. The number of rotatable bonds is 5. The number of hydrogen-bond acceptors (Lipinski definition) is 2. The summed E-state index contributed by atoms with van der Waals surface area (Å²) in [6, 6.07) is 4.33. The van der Waals surface area contributed by atoms with E-state index in [1.165, 1.54) is 37.8 Å². The van der Waals surface area contributed by atoms with Crippen molar-refractivity contribution in [2.75, 3.05) is 6.54 Å². The van der Waals surface area contributed by atoms with Crippen molar-refractivity contribution in [3.63, 3.8) is 0 Å². The summed E-state index contributed by atoms with van der Waals surface area (Å²) < 4.78 is 13.2. The van der Waals surface area contributed by atoms with Crippen LogP contribution in [0.3, 0.4) is 0 Å². The van der Waals surface area contributed by atoms with Crippen molar-refractivity contribution in [1.29, 1.82) is 0 Å². The van der Waals surface area contributed by atoms with Gasteiger partial charge >= 0.3 is 0 Å². The molecular weight excluding hydrogens is 289 g/mol. The van der Waals surface area contributed by atoms with E-state index in [4.69, 9.17) is 17.3 Å². The molecule has 5 unspecified atom stereocenters. The highest BCUT2D eigenvalue weighted by molar-refractivity contribution is 6.31. The molecule has 0 spiro atoms. The molecular formula is C17H23ClFNO. The van der Waals surface area contributed by atoms with Gasteiger partial charge < -0.3 is 10.8 Å². The van der Waals surface area contributed by atoms with E-state index in [9.17, 15) is 9.50 Å². The van der Waals surface area contributed by atoms with Crippen LogP contribution in [0.1, 0.15) is 43.6 Å². The van der Waals surface area contributed by atoms with Crippen LogP contribution in [0.15, 0.2) is 18.2 Å². The van der Waals surface area contributed by atoms with Crippen LogP contribution in [0.5, 0.6) is 0 Å². The molecule has 0 amide bonds. The molecule has 2 aliphatic rings. The molecule has 116 valence electrons. The number of benzene rings is 1. The van der Waals surface area contributed by atoms with Crippen LogP contribution in [-0.2, 0) is 0 Å². The van der Waals surface area contributed by atoms with Crippen molar-refractivity contribution in [2.45, 2.75) is 44.1 Å². The van der Waals surface area contributed by atoms with E-state index in [-0.39, 0.29) is 11.7 Å². The van der Waals surface area contributed by atoms with Crippen LogP contribution in [0, 0.1) is 23.6 Å². The second-order valence-electron chi connectivity index (χ2n) is 6.75. The number of aliphatic hydroxyl groups is 1. The van der Waals surface area contributed by atoms with Crippen molar-refractivity contribution < 1.29 is 9.50 Å². The molecule has 0 heterocycles. The van der Waals surface area contributed by atoms with E-state index >= 15 is 0 Å². The minimum absolute atomic E-state index is 0.211. The van der Waals surface area contributed by atoms with Gasteiger partial charge in [-0.05, 0) is 61.1 Å². The van der Waals surface area contributed by atoms with Crippen molar-refractivity contribution in [3.8, 4) is 0 Å². The Balaban J connectivity index is 1.70. The average Bonchev–Trinajstić information content (AvgIpc) is 3.04. The average molecular weight is 312 g/mol. The summed E-state index contributed by atoms with van der Waals surface area (Å²) in [5.41, 5.74) is 6.61. The van der Waals surface area contributed by atoms with E-state index in [0.717, 1.165) is 23.8 Å². The standard InChI is InChI=1S/C17H23ClFNO/c18-16-8-13(19)3-4-14(16)15(9-20)17(21)7-12-6-10-1-2-11(12)5-10/h3-4,8,10-12,15,17,21H,1-2,5-7,9,20H2. The summed E-state index contributed by atoms with van der Waals surface area (Å²) in [7, 11) is 0. The highest BCUT2D eigenvalue weighted by Gasteiger charge is 2.40. The fraction of sp³-hybridized carbons (Fsp3) is 0.647. The second-order valence-corrected chi connectivity index (χ2v) is 7.15. The normalized spacial score (nSPS) is 30.6. The van der Waals surface area contributed by atoms with Gasteiger partial charge in [-0.15, -0.1) is 0 Å². The summed E-state index contributed by atoms with van der Waals surface area (Å²) in [6.45, 7) is 0.327. The SMILES string of the molecule is NCC(c1ccc(F)cc1Cl)C(O)CC1CC2CCC1C2. The van der Waals surface area contributed by atoms with Gasteiger partial charge in [0.25, 0.3) is 0 Å². The Kier molecular flexibility index (Phi) is 4.53. The quantitative estimate of drug-likeness (QED) is 0.871. The Morgan fingerprint density at radius 3 is 2.71 bits per heavy atom. The van der Waals surface area contributed by atoms with Gasteiger partial charge in [-0.2, -0.15) is 0 Å². The first-order chi connectivity index (χ1) is 10.1. The highest BCUT2D eigenvalue weighted by Crippen LogP contribution is 2.50. The maximum absolute atomic E-state index is 13.2. The molecule has 2 saturated carbocycles. The van der Waals surface area contributed by atoms with Crippen molar-refractivity contribution in [3.05, 3.63) is 34.6 Å². The molecule has 1 aromatic carbocycles. The molecule has 0 aromatic heterocycles. The smallest absolute Gasteiger partial charge is 0.124 e. The van der Waals surface area contributed by atoms with Crippen molar-refractivity contribution in [2.24, 2.45) is 23.5 Å². The van der Waals surface area contributed by atoms with Gasteiger partial charge in [0.2, 0.25) is 0 Å². The van der Waals surface area contributed by atoms with Crippen LogP contribution in [0.25, 0.3) is 0 Å². The maximum Gasteiger partial charge on any atom is 0.124 e. The fourth-order valence-electron chi connectivity index (χ4n) is 4.43. The minimum Gasteiger partial charge on any atom is -0.392 e. The number of nitrogens with two attached hydrogens (primary N) is 1. The molecule has 3 N–H and O–H groups in total. The second kappa shape index (κ2) is 6.23. The van der Waals surface area contributed by atoms with E-state index in [2.05, 4.69) is 0 Å². The minimum atomic E-state index is -0.498. The van der Waals surface area contributed by atoms with Crippen molar-refractivity contribution in [1.82, 2.24) is 0 Å². The monoisotopic (exact) mass is 311 g/mol. The van der Waals surface area contributed by atoms with E-state index in [1.807, 2.05) is 0 Å². The number of fused-ring (bicyclic) bond motifs is 2. The lowest BCUT2D eigenvalue weighted by molar-refractivity contribution is 0.101. The Bertz CT molecular complexity index is 510. The third kappa shape index (κ3) is 3.10. The molecule has 21 heavy (non-hydrogen) atoms. The molecule has 2 fully saturated rings. The van der Waals surface area contributed by atoms with E-state index in [0.29, 0.717) is 17.5 Å². The summed E-state index contributed by atoms with van der Waals surface area (Å²) in [5.74, 6) is 1.70. The molecule has 0 saturated heterocycles. The van der Waals surface area contributed by atoms with Gasteiger partial charge in [0.1, 0.15) is 5.82 Å². The van der Waals surface area contributed by atoms with E-state index in [1.54, 1.807) is 6.07 Å². The topological polar surface area (TPSA) is 46.2 Å². The van der Waals surface area contributed by atoms with E-state index < -0.39 is 6.10 Å². The molecule has 3 rings (SSSR count). The molecule has 2 nitrogen and oxygen atoms in total. The van der Waals surface area contributed by atoms with Gasteiger partial charge in [-0.25, -0.2) is 4.39 Å². The lowest BCUT2D eigenvalue weighted by Crippen LogP contribution is -2.29. The van der Waals surface area contributed by atoms with Gasteiger partial charge in [0, 0.05) is 17.5 Å². The van der Waals surface area contributed by atoms with Gasteiger partial charge in [0.15, 0.2) is 0 Å². The number of hydrogen-bond donors (Lipinski definition) is 2. The first-order valence-corrected chi connectivity index (χ1v) is 8.29. The zero-order valence-corrected chi connectivity index (χ0v) is 12.9. The van der Waals surface area contributed by atoms with Crippen LogP contribution < -0.4 is 5.73 Å². The van der Waals surface area contributed by atoms with Crippen LogP contribution in [0.2, 0.25) is 5.02 Å². The predicted molar refractivity (Wildman–Crippen MR) is 82.8 cm³/mol. The third-order valence-corrected chi connectivity index (χ3v) is 5.84. The Morgan fingerprint density at radius 2 is 2.14 bits per heavy atom. The summed E-state index contributed by atoms with van der Waals surface area (Å²) in [4.78, 5) is 0. The summed E-state index contributed by atoms with van der Waals surface area (Å²) in [6.07, 6.45) is 5.55. The molecule has 1 aromatic rings. The molecule has 2 aliphatic carbocycles. The molecule has 4 heteroatoms. The van der Waals surface area contributed by atoms with Gasteiger partial charge in [0.05, 0.1) is 6.10 Å². The number of aliphatic hydroxyl groups excluding tert-OH is 1. The van der Waals surface area contributed by atoms with Gasteiger partial charge in [-0.3, -0.25) is 0 Å². The van der Waals surface area contributed by atoms with Crippen LogP contribution >= 0.6 is 11.6 Å². The number of halogens is 2. The van der Waals surface area contributed by atoms with Crippen LogP contribution in [0.4, 0.5) is 4.39 Å². The first kappa shape index (κ1) is 15.3. The zero-order valence-electron chi connectivity index (χ0n) is 12.1. The fourth-order valence-corrected chi connectivity index (χ4v) is 4.74. The lowest BCUT2D eigenvalue weighted by atomic mass is 9.80. The lowest BCUT2D eigenvalue weighted by Gasteiger charge is -2.29. The molecule has 0 radical (unpaired) electrons.